The summed E-state index contributed by atoms with van der Waals surface area (Å²) in [4.78, 5) is 12.0. The van der Waals surface area contributed by atoms with E-state index in [1.165, 1.54) is 6.07 Å². The van der Waals surface area contributed by atoms with Crippen molar-refractivity contribution in [1.82, 2.24) is 5.32 Å². The van der Waals surface area contributed by atoms with Crippen LogP contribution in [0.25, 0.3) is 0 Å². The highest BCUT2D eigenvalue weighted by molar-refractivity contribution is 6.00. The van der Waals surface area contributed by atoms with Gasteiger partial charge in [-0.2, -0.15) is 13.2 Å². The molecular weight excluding hydrogens is 269 g/mol. The predicted molar refractivity (Wildman–Crippen MR) is 72.8 cm³/mol. The molecule has 0 saturated heterocycles. The van der Waals surface area contributed by atoms with Crippen molar-refractivity contribution in [2.24, 2.45) is 0 Å². The first-order chi connectivity index (χ1) is 9.11. The Bertz CT molecular complexity index is 482. The number of rotatable bonds is 4. The second-order valence-electron chi connectivity index (χ2n) is 5.19. The van der Waals surface area contributed by atoms with Gasteiger partial charge >= 0.3 is 6.18 Å². The highest BCUT2D eigenvalue weighted by Gasteiger charge is 2.31. The van der Waals surface area contributed by atoms with Crippen LogP contribution in [0.15, 0.2) is 18.2 Å². The van der Waals surface area contributed by atoms with Crippen LogP contribution in [-0.4, -0.2) is 18.0 Å². The number of anilines is 1. The standard InChI is InChI=1S/C14H19F3N2O/c1-8(2)18-12-7-10(14(15,16)17)5-6-11(12)13(20)19-9(3)4/h5-9,18H,1-4H3,(H,19,20). The van der Waals surface area contributed by atoms with E-state index in [4.69, 9.17) is 0 Å². The first kappa shape index (κ1) is 16.3. The Hall–Kier alpha value is -1.72. The third-order valence-electron chi connectivity index (χ3n) is 2.46. The van der Waals surface area contributed by atoms with Crippen molar-refractivity contribution in [3.8, 4) is 0 Å². The molecule has 3 nitrogen and oxygen atoms in total. The quantitative estimate of drug-likeness (QED) is 0.887. The van der Waals surface area contributed by atoms with Gasteiger partial charge in [0.1, 0.15) is 0 Å². The Balaban J connectivity index is 3.20. The smallest absolute Gasteiger partial charge is 0.382 e. The van der Waals surface area contributed by atoms with Gasteiger partial charge in [0.05, 0.1) is 11.1 Å². The molecule has 1 aromatic carbocycles. The van der Waals surface area contributed by atoms with Crippen molar-refractivity contribution >= 4 is 11.6 Å². The number of alkyl halides is 3. The van der Waals surface area contributed by atoms with E-state index in [2.05, 4.69) is 10.6 Å². The molecule has 1 amide bonds. The van der Waals surface area contributed by atoms with Crippen molar-refractivity contribution in [3.05, 3.63) is 29.3 Å². The summed E-state index contributed by atoms with van der Waals surface area (Å²) in [7, 11) is 0. The molecule has 0 saturated carbocycles. The average Bonchev–Trinajstić information content (AvgIpc) is 2.25. The first-order valence-electron chi connectivity index (χ1n) is 6.40. The number of carbonyl (C=O) groups is 1. The van der Waals surface area contributed by atoms with Crippen LogP contribution in [0.5, 0.6) is 0 Å². The summed E-state index contributed by atoms with van der Waals surface area (Å²) in [6.45, 7) is 7.17. The van der Waals surface area contributed by atoms with Gasteiger partial charge in [0.25, 0.3) is 5.91 Å². The molecule has 0 aliphatic carbocycles. The second-order valence-corrected chi connectivity index (χ2v) is 5.19. The van der Waals surface area contributed by atoms with Gasteiger partial charge in [-0.05, 0) is 45.9 Å². The highest BCUT2D eigenvalue weighted by Crippen LogP contribution is 2.32. The number of hydrogen-bond donors (Lipinski definition) is 2. The molecule has 0 aliphatic heterocycles. The van der Waals surface area contributed by atoms with Crippen LogP contribution >= 0.6 is 0 Å². The molecule has 0 heterocycles. The van der Waals surface area contributed by atoms with Crippen LogP contribution in [-0.2, 0) is 6.18 Å². The Morgan fingerprint density at radius 3 is 2.15 bits per heavy atom. The van der Waals surface area contributed by atoms with Gasteiger partial charge in [0.2, 0.25) is 0 Å². The van der Waals surface area contributed by atoms with Crippen LogP contribution in [0.2, 0.25) is 0 Å². The number of nitrogens with one attached hydrogen (secondary N) is 2. The van der Waals surface area contributed by atoms with Crippen LogP contribution in [0.4, 0.5) is 18.9 Å². The molecular formula is C14H19F3N2O. The lowest BCUT2D eigenvalue weighted by Gasteiger charge is -2.18. The van der Waals surface area contributed by atoms with Gasteiger partial charge in [-0.15, -0.1) is 0 Å². The number of benzene rings is 1. The van der Waals surface area contributed by atoms with Crippen molar-refractivity contribution < 1.29 is 18.0 Å². The van der Waals surface area contributed by atoms with Gasteiger partial charge in [-0.3, -0.25) is 4.79 Å². The summed E-state index contributed by atoms with van der Waals surface area (Å²) < 4.78 is 38.2. The molecule has 0 aromatic heterocycles. The van der Waals surface area contributed by atoms with Crippen LogP contribution in [0, 0.1) is 0 Å². The number of amides is 1. The number of halogens is 3. The fourth-order valence-electron chi connectivity index (χ4n) is 1.69. The second kappa shape index (κ2) is 6.15. The molecule has 0 bridgehead atoms. The predicted octanol–water partition coefficient (Wildman–Crippen LogP) is 3.66. The molecule has 20 heavy (non-hydrogen) atoms. The summed E-state index contributed by atoms with van der Waals surface area (Å²) >= 11 is 0. The van der Waals surface area contributed by atoms with Crippen molar-refractivity contribution in [1.29, 1.82) is 0 Å². The van der Waals surface area contributed by atoms with E-state index in [9.17, 15) is 18.0 Å². The van der Waals surface area contributed by atoms with Gasteiger partial charge < -0.3 is 10.6 Å². The summed E-state index contributed by atoms with van der Waals surface area (Å²) in [6, 6.07) is 2.92. The maximum atomic E-state index is 12.7. The lowest BCUT2D eigenvalue weighted by molar-refractivity contribution is -0.137. The SMILES string of the molecule is CC(C)NC(=O)c1ccc(C(F)(F)F)cc1NC(C)C. The highest BCUT2D eigenvalue weighted by atomic mass is 19.4. The lowest BCUT2D eigenvalue weighted by Crippen LogP contribution is -2.31. The van der Waals surface area contributed by atoms with E-state index in [0.29, 0.717) is 0 Å². The van der Waals surface area contributed by atoms with Gasteiger partial charge in [-0.25, -0.2) is 0 Å². The van der Waals surface area contributed by atoms with Crippen LogP contribution in [0.3, 0.4) is 0 Å². The molecule has 112 valence electrons. The maximum Gasteiger partial charge on any atom is 0.416 e. The van der Waals surface area contributed by atoms with E-state index in [0.717, 1.165) is 12.1 Å². The minimum absolute atomic E-state index is 0.0796. The lowest BCUT2D eigenvalue weighted by atomic mass is 10.1. The molecule has 0 aliphatic rings. The summed E-state index contributed by atoms with van der Waals surface area (Å²) in [5.74, 6) is -0.392. The molecule has 1 aromatic rings. The largest absolute Gasteiger partial charge is 0.416 e. The van der Waals surface area contributed by atoms with E-state index < -0.39 is 17.6 Å². The topological polar surface area (TPSA) is 41.1 Å². The Morgan fingerprint density at radius 1 is 1.10 bits per heavy atom. The minimum atomic E-state index is -4.43. The van der Waals surface area contributed by atoms with E-state index in [1.807, 2.05) is 0 Å². The van der Waals surface area contributed by atoms with Gasteiger partial charge in [0.15, 0.2) is 0 Å². The maximum absolute atomic E-state index is 12.7. The zero-order chi connectivity index (χ0) is 15.5. The van der Waals surface area contributed by atoms with Crippen LogP contribution in [0.1, 0.15) is 43.6 Å². The van der Waals surface area contributed by atoms with Crippen molar-refractivity contribution in [2.75, 3.05) is 5.32 Å². The third kappa shape index (κ3) is 4.43. The molecule has 2 N–H and O–H groups in total. The van der Waals surface area contributed by atoms with E-state index in [-0.39, 0.29) is 23.3 Å². The Labute approximate surface area is 116 Å². The summed E-state index contributed by atoms with van der Waals surface area (Å²) in [5.41, 5.74) is -0.380. The monoisotopic (exact) mass is 288 g/mol. The van der Waals surface area contributed by atoms with E-state index in [1.54, 1.807) is 27.7 Å². The Kier molecular flexibility index (Phi) is 5.03. The zero-order valence-electron chi connectivity index (χ0n) is 11.9. The third-order valence-corrected chi connectivity index (χ3v) is 2.46. The molecule has 0 spiro atoms. The molecule has 0 atom stereocenters. The van der Waals surface area contributed by atoms with Crippen molar-refractivity contribution in [2.45, 2.75) is 46.0 Å². The van der Waals surface area contributed by atoms with Gasteiger partial charge in [-0.1, -0.05) is 0 Å². The van der Waals surface area contributed by atoms with E-state index >= 15 is 0 Å². The minimum Gasteiger partial charge on any atom is -0.382 e. The molecule has 0 unspecified atom stereocenters. The Morgan fingerprint density at radius 2 is 1.70 bits per heavy atom. The fraction of sp³-hybridized carbons (Fsp3) is 0.500. The average molecular weight is 288 g/mol. The normalized spacial score (nSPS) is 11.8. The molecule has 0 radical (unpaired) electrons. The molecule has 1 rings (SSSR count). The van der Waals surface area contributed by atoms with Crippen LogP contribution < -0.4 is 10.6 Å². The number of carbonyl (C=O) groups excluding carboxylic acids is 1. The zero-order valence-corrected chi connectivity index (χ0v) is 11.9. The first-order valence-corrected chi connectivity index (χ1v) is 6.40. The summed E-state index contributed by atoms with van der Waals surface area (Å²) in [5, 5.41) is 5.55. The van der Waals surface area contributed by atoms with Crippen molar-refractivity contribution in [3.63, 3.8) is 0 Å². The summed E-state index contributed by atoms with van der Waals surface area (Å²) in [6.07, 6.45) is -4.43. The van der Waals surface area contributed by atoms with Gasteiger partial charge in [0, 0.05) is 17.8 Å². The molecule has 0 fully saturated rings. The fourth-order valence-corrected chi connectivity index (χ4v) is 1.69. The number of hydrogen-bond acceptors (Lipinski definition) is 2. The molecule has 6 heteroatoms.